The molecule has 3 aromatic rings. The highest BCUT2D eigenvalue weighted by molar-refractivity contribution is 7.93. The lowest BCUT2D eigenvalue weighted by molar-refractivity contribution is 0.300. The average molecular weight is 406 g/mol. The maximum absolute atomic E-state index is 13.0. The number of anilines is 1. The lowest BCUT2D eigenvalue weighted by atomic mass is 9.99. The Labute approximate surface area is 171 Å². The molecule has 148 valence electrons. The van der Waals surface area contributed by atoms with E-state index in [1.807, 2.05) is 12.1 Å². The lowest BCUT2D eigenvalue weighted by Gasteiger charge is -2.27. The van der Waals surface area contributed by atoms with Gasteiger partial charge in [0.2, 0.25) is 0 Å². The zero-order valence-electron chi connectivity index (χ0n) is 16.2. The first-order valence-corrected chi connectivity index (χ1v) is 11.4. The summed E-state index contributed by atoms with van der Waals surface area (Å²) in [5.41, 5.74) is 3.41. The summed E-state index contributed by atoms with van der Waals surface area (Å²) in [6, 6.07) is 15.9. The molecule has 5 nitrogen and oxygen atoms in total. The van der Waals surface area contributed by atoms with Gasteiger partial charge in [0.15, 0.2) is 0 Å². The first kappa shape index (κ1) is 18.3. The quantitative estimate of drug-likeness (QED) is 0.646. The highest BCUT2D eigenvalue weighted by Crippen LogP contribution is 2.41. The van der Waals surface area contributed by atoms with Gasteiger partial charge in [0.1, 0.15) is 0 Å². The number of hydrogen-bond acceptors (Lipinski definition) is 4. The Hall–Kier alpha value is -2.70. The van der Waals surface area contributed by atoms with E-state index in [4.69, 9.17) is 0 Å². The Morgan fingerprint density at radius 3 is 2.62 bits per heavy atom. The second-order valence-corrected chi connectivity index (χ2v) is 9.42. The van der Waals surface area contributed by atoms with Gasteiger partial charge >= 0.3 is 0 Å². The monoisotopic (exact) mass is 405 g/mol. The van der Waals surface area contributed by atoms with E-state index in [-0.39, 0.29) is 0 Å². The smallest absolute Gasteiger partial charge is 0.265 e. The molecule has 0 unspecified atom stereocenters. The molecule has 0 bridgehead atoms. The van der Waals surface area contributed by atoms with Gasteiger partial charge < -0.3 is 0 Å². The summed E-state index contributed by atoms with van der Waals surface area (Å²) in [5.74, 6) is 0. The van der Waals surface area contributed by atoms with Gasteiger partial charge in [0.25, 0.3) is 10.0 Å². The van der Waals surface area contributed by atoms with Crippen LogP contribution >= 0.6 is 0 Å². The topological polar surface area (TPSA) is 53.5 Å². The van der Waals surface area contributed by atoms with Gasteiger partial charge in [-0.3, -0.25) is 14.2 Å². The Balaban J connectivity index is 1.25. The molecular weight excluding hydrogens is 382 g/mol. The minimum Gasteiger partial charge on any atom is -0.299 e. The van der Waals surface area contributed by atoms with E-state index in [1.54, 1.807) is 24.5 Å². The molecule has 5 rings (SSSR count). The van der Waals surface area contributed by atoms with Crippen molar-refractivity contribution in [2.45, 2.75) is 17.7 Å². The molecule has 0 atom stereocenters. The van der Waals surface area contributed by atoms with E-state index in [1.165, 1.54) is 15.4 Å². The average Bonchev–Trinajstić information content (AvgIpc) is 2.98. The number of hydrogen-bond donors (Lipinski definition) is 0. The van der Waals surface area contributed by atoms with Crippen LogP contribution in [0, 0.1) is 0 Å². The van der Waals surface area contributed by atoms with Crippen LogP contribution in [0.15, 0.2) is 71.9 Å². The van der Waals surface area contributed by atoms with Crippen LogP contribution in [0.1, 0.15) is 18.4 Å². The Kier molecular flexibility index (Phi) is 4.60. The van der Waals surface area contributed by atoms with Crippen molar-refractivity contribution in [1.29, 1.82) is 0 Å². The highest BCUT2D eigenvalue weighted by Gasteiger charge is 2.35. The Morgan fingerprint density at radius 2 is 1.83 bits per heavy atom. The molecule has 0 aliphatic carbocycles. The van der Waals surface area contributed by atoms with E-state index in [0.29, 0.717) is 17.1 Å². The number of nitrogens with zero attached hydrogens (tertiary/aromatic N) is 3. The predicted octanol–water partition coefficient (Wildman–Crippen LogP) is 3.92. The summed E-state index contributed by atoms with van der Waals surface area (Å²) >= 11 is 0. The fourth-order valence-corrected chi connectivity index (χ4v) is 6.08. The number of sulfonamides is 1. The standard InChI is InChI=1S/C23H23N3O2S/c27-29(28)22-9-4-8-20-16-24-17-21(23(20)22)26(29)13-5-12-25-14-10-19(11-15-25)18-6-2-1-3-7-18/h1-4,6-10,16-17H,5,11-15H2. The maximum atomic E-state index is 13.0. The normalized spacial score (nSPS) is 18.2. The third-order valence-corrected chi connectivity index (χ3v) is 7.69. The molecule has 0 radical (unpaired) electrons. The lowest BCUT2D eigenvalue weighted by Crippen LogP contribution is -2.34. The molecule has 2 aromatic carbocycles. The minimum absolute atomic E-state index is 0.404. The summed E-state index contributed by atoms with van der Waals surface area (Å²) in [6.45, 7) is 3.27. The van der Waals surface area contributed by atoms with Crippen LogP contribution in [-0.4, -0.2) is 44.5 Å². The summed E-state index contributed by atoms with van der Waals surface area (Å²) < 4.78 is 27.6. The van der Waals surface area contributed by atoms with Crippen LogP contribution in [0.3, 0.4) is 0 Å². The van der Waals surface area contributed by atoms with Crippen molar-refractivity contribution in [2.75, 3.05) is 30.5 Å². The SMILES string of the molecule is O=S1(=O)c2cccc3cncc(c23)N1CCCN1CC=C(c2ccccc2)CC1. The van der Waals surface area contributed by atoms with Gasteiger partial charge in [0.05, 0.1) is 16.8 Å². The molecule has 0 N–H and O–H groups in total. The second kappa shape index (κ2) is 7.28. The molecule has 0 fully saturated rings. The zero-order valence-corrected chi connectivity index (χ0v) is 17.0. The highest BCUT2D eigenvalue weighted by atomic mass is 32.2. The number of benzene rings is 2. The van der Waals surface area contributed by atoms with Gasteiger partial charge in [-0.1, -0.05) is 48.5 Å². The van der Waals surface area contributed by atoms with E-state index < -0.39 is 10.0 Å². The molecule has 0 spiro atoms. The molecule has 1 aromatic heterocycles. The summed E-state index contributed by atoms with van der Waals surface area (Å²) in [5, 5.41) is 1.68. The predicted molar refractivity (Wildman–Crippen MR) is 116 cm³/mol. The fourth-order valence-electron chi connectivity index (χ4n) is 4.34. The van der Waals surface area contributed by atoms with E-state index in [9.17, 15) is 8.42 Å². The van der Waals surface area contributed by atoms with Crippen molar-refractivity contribution >= 4 is 32.1 Å². The Bertz CT molecular complexity index is 1180. The zero-order chi connectivity index (χ0) is 19.8. The Morgan fingerprint density at radius 1 is 0.966 bits per heavy atom. The summed E-state index contributed by atoms with van der Waals surface area (Å²) in [4.78, 5) is 7.04. The third kappa shape index (κ3) is 3.22. The molecular formula is C23H23N3O2S. The van der Waals surface area contributed by atoms with E-state index in [0.717, 1.165) is 43.2 Å². The van der Waals surface area contributed by atoms with E-state index in [2.05, 4.69) is 40.2 Å². The number of rotatable bonds is 5. The van der Waals surface area contributed by atoms with Crippen molar-refractivity contribution in [3.05, 3.63) is 72.6 Å². The molecule has 0 saturated heterocycles. The molecule has 2 aliphatic heterocycles. The fraction of sp³-hybridized carbons (Fsp3) is 0.261. The van der Waals surface area contributed by atoms with Gasteiger partial charge in [-0.2, -0.15) is 0 Å². The van der Waals surface area contributed by atoms with Crippen LogP contribution < -0.4 is 4.31 Å². The van der Waals surface area contributed by atoms with E-state index >= 15 is 0 Å². The summed E-state index contributed by atoms with van der Waals surface area (Å²) in [6.07, 6.45) is 7.52. The van der Waals surface area contributed by atoms with Gasteiger partial charge in [0, 0.05) is 43.1 Å². The van der Waals surface area contributed by atoms with Gasteiger partial charge in [-0.05, 0) is 30.0 Å². The molecule has 3 heterocycles. The molecule has 0 amide bonds. The van der Waals surface area contributed by atoms with Crippen LogP contribution in [0.25, 0.3) is 16.3 Å². The minimum atomic E-state index is -3.48. The molecule has 2 aliphatic rings. The van der Waals surface area contributed by atoms with Crippen LogP contribution in [-0.2, 0) is 10.0 Å². The first-order valence-electron chi connectivity index (χ1n) is 10.0. The largest absolute Gasteiger partial charge is 0.299 e. The van der Waals surface area contributed by atoms with Gasteiger partial charge in [-0.15, -0.1) is 0 Å². The first-order chi connectivity index (χ1) is 14.1. The van der Waals surface area contributed by atoms with Crippen molar-refractivity contribution < 1.29 is 8.42 Å². The number of aromatic nitrogens is 1. The van der Waals surface area contributed by atoms with Crippen LogP contribution in [0.5, 0.6) is 0 Å². The molecule has 6 heteroatoms. The van der Waals surface area contributed by atoms with Crippen LogP contribution in [0.2, 0.25) is 0 Å². The summed E-state index contributed by atoms with van der Waals surface area (Å²) in [7, 11) is -3.48. The van der Waals surface area contributed by atoms with Crippen molar-refractivity contribution in [3.8, 4) is 0 Å². The van der Waals surface area contributed by atoms with Crippen LogP contribution in [0.4, 0.5) is 5.69 Å². The van der Waals surface area contributed by atoms with Crippen molar-refractivity contribution in [3.63, 3.8) is 0 Å². The number of pyridine rings is 1. The van der Waals surface area contributed by atoms with Gasteiger partial charge in [-0.25, -0.2) is 8.42 Å². The second-order valence-electron chi connectivity index (χ2n) is 7.59. The van der Waals surface area contributed by atoms with Crippen molar-refractivity contribution in [2.24, 2.45) is 0 Å². The maximum Gasteiger partial charge on any atom is 0.265 e. The van der Waals surface area contributed by atoms with Crippen molar-refractivity contribution in [1.82, 2.24) is 9.88 Å². The molecule has 29 heavy (non-hydrogen) atoms. The molecule has 0 saturated carbocycles. The third-order valence-electron chi connectivity index (χ3n) is 5.84.